The second-order valence-electron chi connectivity index (χ2n) is 6.03. The number of benzene rings is 2. The van der Waals surface area contributed by atoms with Crippen LogP contribution in [0.1, 0.15) is 24.5 Å². The third-order valence-electron chi connectivity index (χ3n) is 4.32. The highest BCUT2D eigenvalue weighted by molar-refractivity contribution is 6.36. The predicted octanol–water partition coefficient (Wildman–Crippen LogP) is 4.74. The number of likely N-dealkylation sites (N-methyl/N-ethyl adjacent to an activating group) is 1. The molecule has 27 heavy (non-hydrogen) atoms. The van der Waals surface area contributed by atoms with Crippen molar-refractivity contribution >= 4 is 46.6 Å². The number of hydrogen-bond acceptors (Lipinski definition) is 2. The lowest BCUT2D eigenvalue weighted by atomic mass is 10.1. The van der Waals surface area contributed by atoms with Gasteiger partial charge in [0.2, 0.25) is 11.8 Å². The Morgan fingerprint density at radius 1 is 1.00 bits per heavy atom. The fraction of sp³-hybridized carbons (Fsp3) is 0.300. The quantitative estimate of drug-likeness (QED) is 0.693. The summed E-state index contributed by atoms with van der Waals surface area (Å²) in [5, 5.41) is 4.00. The third kappa shape index (κ3) is 5.38. The van der Waals surface area contributed by atoms with Gasteiger partial charge in [-0.25, -0.2) is 0 Å². The van der Waals surface area contributed by atoms with Gasteiger partial charge in [-0.3, -0.25) is 9.59 Å². The number of carbonyl (C=O) groups excluding carboxylic acids is 2. The van der Waals surface area contributed by atoms with Gasteiger partial charge < -0.3 is 10.2 Å². The topological polar surface area (TPSA) is 49.4 Å². The summed E-state index contributed by atoms with van der Waals surface area (Å²) in [6.45, 7) is 2.07. The summed E-state index contributed by atoms with van der Waals surface area (Å²) in [7, 11) is 1.55. The first-order chi connectivity index (χ1) is 12.9. The molecule has 2 amide bonds. The number of carbonyl (C=O) groups is 2. The monoisotopic (exact) mass is 426 g/mol. The SMILES string of the molecule is CC[C@@H](C(=O)NC)N(Cc1ccccc1Cl)C(=O)Cc1c(Cl)cccc1Cl. The molecule has 2 rings (SSSR count). The molecular formula is C20H21Cl3N2O2. The molecule has 0 fully saturated rings. The summed E-state index contributed by atoms with van der Waals surface area (Å²) in [5.41, 5.74) is 1.31. The van der Waals surface area contributed by atoms with E-state index in [-0.39, 0.29) is 24.8 Å². The Morgan fingerprint density at radius 2 is 1.59 bits per heavy atom. The average molecular weight is 428 g/mol. The van der Waals surface area contributed by atoms with Gasteiger partial charge in [0, 0.05) is 28.7 Å². The van der Waals surface area contributed by atoms with E-state index in [1.54, 1.807) is 31.3 Å². The second-order valence-corrected chi connectivity index (χ2v) is 7.25. The molecule has 7 heteroatoms. The molecule has 144 valence electrons. The normalized spacial score (nSPS) is 11.7. The van der Waals surface area contributed by atoms with Gasteiger partial charge in [0.1, 0.15) is 6.04 Å². The Bertz CT molecular complexity index is 806. The predicted molar refractivity (Wildman–Crippen MR) is 110 cm³/mol. The van der Waals surface area contributed by atoms with Crippen LogP contribution in [0, 0.1) is 0 Å². The van der Waals surface area contributed by atoms with Crippen molar-refractivity contribution in [3.05, 3.63) is 68.7 Å². The first-order valence-corrected chi connectivity index (χ1v) is 9.69. The van der Waals surface area contributed by atoms with Crippen molar-refractivity contribution in [3.8, 4) is 0 Å². The number of amides is 2. The van der Waals surface area contributed by atoms with E-state index >= 15 is 0 Å². The molecule has 0 spiro atoms. The molecule has 0 aliphatic rings. The molecule has 2 aromatic carbocycles. The van der Waals surface area contributed by atoms with Crippen molar-refractivity contribution in [3.63, 3.8) is 0 Å². The first kappa shape index (κ1) is 21.5. The minimum absolute atomic E-state index is 0.00352. The summed E-state index contributed by atoms with van der Waals surface area (Å²) in [6.07, 6.45) is 0.461. The second kappa shape index (κ2) is 9.98. The zero-order valence-corrected chi connectivity index (χ0v) is 17.4. The molecule has 0 aliphatic carbocycles. The van der Waals surface area contributed by atoms with Crippen LogP contribution < -0.4 is 5.32 Å². The molecule has 0 aromatic heterocycles. The Kier molecular flexibility index (Phi) is 7.96. The summed E-state index contributed by atoms with van der Waals surface area (Å²) in [5.74, 6) is -0.483. The Morgan fingerprint density at radius 3 is 2.15 bits per heavy atom. The molecule has 0 unspecified atom stereocenters. The van der Waals surface area contributed by atoms with Crippen LogP contribution in [0.5, 0.6) is 0 Å². The highest BCUT2D eigenvalue weighted by Gasteiger charge is 2.29. The van der Waals surface area contributed by atoms with E-state index in [4.69, 9.17) is 34.8 Å². The third-order valence-corrected chi connectivity index (χ3v) is 5.40. The zero-order chi connectivity index (χ0) is 20.0. The fourth-order valence-corrected chi connectivity index (χ4v) is 3.58. The highest BCUT2D eigenvalue weighted by Crippen LogP contribution is 2.26. The molecule has 0 heterocycles. The number of halogens is 3. The molecule has 0 aliphatic heterocycles. The maximum atomic E-state index is 13.1. The van der Waals surface area contributed by atoms with E-state index in [0.717, 1.165) is 5.56 Å². The largest absolute Gasteiger partial charge is 0.357 e. The van der Waals surface area contributed by atoms with Gasteiger partial charge in [0.25, 0.3) is 0 Å². The lowest BCUT2D eigenvalue weighted by Crippen LogP contribution is -2.48. The summed E-state index contributed by atoms with van der Waals surface area (Å²) in [4.78, 5) is 27.0. The molecule has 1 N–H and O–H groups in total. The van der Waals surface area contributed by atoms with Crippen LogP contribution in [0.25, 0.3) is 0 Å². The van der Waals surface area contributed by atoms with E-state index in [1.807, 2.05) is 25.1 Å². The van der Waals surface area contributed by atoms with Crippen molar-refractivity contribution < 1.29 is 9.59 Å². The number of nitrogens with zero attached hydrogens (tertiary/aromatic N) is 1. The van der Waals surface area contributed by atoms with Crippen molar-refractivity contribution in [2.45, 2.75) is 32.4 Å². The van der Waals surface area contributed by atoms with Crippen LogP contribution in [0.15, 0.2) is 42.5 Å². The van der Waals surface area contributed by atoms with Crippen LogP contribution >= 0.6 is 34.8 Å². The van der Waals surface area contributed by atoms with Gasteiger partial charge in [0.15, 0.2) is 0 Å². The van der Waals surface area contributed by atoms with Gasteiger partial charge in [-0.2, -0.15) is 0 Å². The molecule has 4 nitrogen and oxygen atoms in total. The highest BCUT2D eigenvalue weighted by atomic mass is 35.5. The van der Waals surface area contributed by atoms with Crippen LogP contribution in [0.4, 0.5) is 0 Å². The van der Waals surface area contributed by atoms with Gasteiger partial charge >= 0.3 is 0 Å². The van der Waals surface area contributed by atoms with Crippen LogP contribution in [-0.4, -0.2) is 29.8 Å². The molecule has 2 aromatic rings. The zero-order valence-electron chi connectivity index (χ0n) is 15.1. The van der Waals surface area contributed by atoms with Crippen molar-refractivity contribution in [1.29, 1.82) is 0 Å². The Labute approximate surface area is 174 Å². The molecular weight excluding hydrogens is 407 g/mol. The average Bonchev–Trinajstić information content (AvgIpc) is 2.65. The van der Waals surface area contributed by atoms with E-state index in [0.29, 0.717) is 27.1 Å². The standard InChI is InChI=1S/C20H21Cl3N2O2/c1-3-18(20(27)24-2)25(12-13-7-4-5-8-15(13)21)19(26)11-14-16(22)9-6-10-17(14)23/h4-10,18H,3,11-12H2,1-2H3,(H,24,27)/t18-/m0/s1. The lowest BCUT2D eigenvalue weighted by Gasteiger charge is -2.30. The van der Waals surface area contributed by atoms with Crippen LogP contribution in [0.3, 0.4) is 0 Å². The van der Waals surface area contributed by atoms with Gasteiger partial charge in [-0.05, 0) is 35.7 Å². The van der Waals surface area contributed by atoms with Gasteiger partial charge in [-0.1, -0.05) is 66.0 Å². The maximum absolute atomic E-state index is 13.1. The van der Waals surface area contributed by atoms with E-state index in [2.05, 4.69) is 5.32 Å². The Balaban J connectivity index is 2.37. The number of nitrogens with one attached hydrogen (secondary N) is 1. The maximum Gasteiger partial charge on any atom is 0.242 e. The molecule has 0 saturated heterocycles. The molecule has 1 atom stereocenters. The van der Waals surface area contributed by atoms with Crippen molar-refractivity contribution in [2.75, 3.05) is 7.05 Å². The van der Waals surface area contributed by atoms with Crippen molar-refractivity contribution in [1.82, 2.24) is 10.2 Å². The fourth-order valence-electron chi connectivity index (χ4n) is 2.85. The van der Waals surface area contributed by atoms with Crippen LogP contribution in [0.2, 0.25) is 15.1 Å². The summed E-state index contributed by atoms with van der Waals surface area (Å²) in [6, 6.07) is 11.7. The molecule has 0 saturated carbocycles. The Hall–Kier alpha value is -1.75. The van der Waals surface area contributed by atoms with E-state index in [9.17, 15) is 9.59 Å². The minimum Gasteiger partial charge on any atom is -0.357 e. The number of hydrogen-bond donors (Lipinski definition) is 1. The first-order valence-electron chi connectivity index (χ1n) is 8.56. The molecule has 0 bridgehead atoms. The lowest BCUT2D eigenvalue weighted by molar-refractivity contribution is -0.140. The van der Waals surface area contributed by atoms with E-state index in [1.165, 1.54) is 4.90 Å². The smallest absolute Gasteiger partial charge is 0.242 e. The van der Waals surface area contributed by atoms with Crippen LogP contribution in [-0.2, 0) is 22.6 Å². The number of rotatable bonds is 7. The molecule has 0 radical (unpaired) electrons. The van der Waals surface area contributed by atoms with E-state index < -0.39 is 6.04 Å². The van der Waals surface area contributed by atoms with Gasteiger partial charge in [0.05, 0.1) is 6.42 Å². The minimum atomic E-state index is -0.625. The van der Waals surface area contributed by atoms with Gasteiger partial charge in [-0.15, -0.1) is 0 Å². The summed E-state index contributed by atoms with van der Waals surface area (Å²) >= 11 is 18.7. The van der Waals surface area contributed by atoms with Crippen molar-refractivity contribution in [2.24, 2.45) is 0 Å². The summed E-state index contributed by atoms with van der Waals surface area (Å²) < 4.78 is 0.